The first-order valence-electron chi connectivity index (χ1n) is 11.8. The van der Waals surface area contributed by atoms with Crippen LogP contribution >= 0.6 is 0 Å². The quantitative estimate of drug-likeness (QED) is 0.541. The molecule has 1 aromatic rings. The van der Waals surface area contributed by atoms with Crippen LogP contribution in [-0.4, -0.2) is 52.7 Å². The molecule has 33 heavy (non-hydrogen) atoms. The molecule has 0 aromatic carbocycles. The summed E-state index contributed by atoms with van der Waals surface area (Å²) in [4.78, 5) is 23.9. The molecule has 1 aromatic heterocycles. The van der Waals surface area contributed by atoms with Gasteiger partial charge in [-0.3, -0.25) is 5.32 Å². The maximum Gasteiger partial charge on any atom is 0.323 e. The lowest BCUT2D eigenvalue weighted by Gasteiger charge is -2.37. The van der Waals surface area contributed by atoms with Crippen molar-refractivity contribution in [3.05, 3.63) is 35.2 Å². The Morgan fingerprint density at radius 3 is 2.82 bits per heavy atom. The summed E-state index contributed by atoms with van der Waals surface area (Å²) in [5.74, 6) is 3.85. The standard InChI is InChI=1S/C26H32N4O3/c1-3-13-26(32)14-16-30(17-15-26)25(31)29-22-12-8-7-11-20-21(19-9-5-4-6-10-19)18-27-24(33-2)23(20)28-22/h1,7,12,18-19,32H,4-6,9-11,13-17H2,2H3,(H,28,29,31). The SMILES string of the molecule is C#CCC1(O)CCN(C(=O)NC2=Nc3c(OC)ncc(C4CCCCC4)c3CC=C=C2)CC1. The Hall–Kier alpha value is -3.07. The summed E-state index contributed by atoms with van der Waals surface area (Å²) in [5.41, 5.74) is 5.25. The van der Waals surface area contributed by atoms with Gasteiger partial charge in [0, 0.05) is 38.2 Å². The van der Waals surface area contributed by atoms with E-state index in [0.717, 1.165) is 18.4 Å². The highest BCUT2D eigenvalue weighted by atomic mass is 16.5. The Morgan fingerprint density at radius 1 is 1.36 bits per heavy atom. The van der Waals surface area contributed by atoms with Crippen LogP contribution in [0.4, 0.5) is 10.5 Å². The molecule has 7 nitrogen and oxygen atoms in total. The molecular formula is C26H32N4O3. The first-order chi connectivity index (χ1) is 16.0. The van der Waals surface area contributed by atoms with Crippen molar-refractivity contribution in [2.24, 2.45) is 4.99 Å². The number of aromatic nitrogens is 1. The third-order valence-electron chi connectivity index (χ3n) is 6.92. The molecule has 174 valence electrons. The van der Waals surface area contributed by atoms with Gasteiger partial charge in [0.2, 0.25) is 5.88 Å². The summed E-state index contributed by atoms with van der Waals surface area (Å²) < 4.78 is 5.53. The number of aliphatic hydroxyl groups is 1. The van der Waals surface area contributed by atoms with E-state index in [2.05, 4.69) is 22.0 Å². The van der Waals surface area contributed by atoms with Crippen LogP contribution in [0.2, 0.25) is 0 Å². The van der Waals surface area contributed by atoms with E-state index in [0.29, 0.717) is 62.1 Å². The number of amidine groups is 1. The normalized spacial score (nSPS) is 20.2. The van der Waals surface area contributed by atoms with Crippen molar-refractivity contribution in [3.63, 3.8) is 0 Å². The lowest BCUT2D eigenvalue weighted by atomic mass is 9.82. The van der Waals surface area contributed by atoms with Crippen molar-refractivity contribution in [2.45, 2.75) is 69.3 Å². The number of amides is 2. The van der Waals surface area contributed by atoms with Gasteiger partial charge >= 0.3 is 6.03 Å². The number of hydrogen-bond acceptors (Lipinski definition) is 5. The molecule has 7 heteroatoms. The van der Waals surface area contributed by atoms with Crippen LogP contribution in [0.5, 0.6) is 5.88 Å². The van der Waals surface area contributed by atoms with Crippen LogP contribution in [0.3, 0.4) is 0 Å². The van der Waals surface area contributed by atoms with Gasteiger partial charge in [0.25, 0.3) is 0 Å². The van der Waals surface area contributed by atoms with Gasteiger partial charge in [0.05, 0.1) is 12.7 Å². The number of pyridine rings is 1. The summed E-state index contributed by atoms with van der Waals surface area (Å²) in [5, 5.41) is 13.4. The summed E-state index contributed by atoms with van der Waals surface area (Å²) >= 11 is 0. The van der Waals surface area contributed by atoms with E-state index < -0.39 is 5.60 Å². The Morgan fingerprint density at radius 2 is 2.12 bits per heavy atom. The van der Waals surface area contributed by atoms with Gasteiger partial charge in [-0.2, -0.15) is 0 Å². The molecular weight excluding hydrogens is 416 g/mol. The fourth-order valence-electron chi connectivity index (χ4n) is 4.97. The first-order valence-corrected chi connectivity index (χ1v) is 11.8. The number of likely N-dealkylation sites (tertiary alicyclic amines) is 1. The molecule has 2 aliphatic heterocycles. The second kappa shape index (κ2) is 10.2. The summed E-state index contributed by atoms with van der Waals surface area (Å²) in [6.45, 7) is 0.869. The average molecular weight is 449 g/mol. The molecule has 0 unspecified atom stereocenters. The van der Waals surface area contributed by atoms with Gasteiger partial charge in [-0.15, -0.1) is 18.1 Å². The summed E-state index contributed by atoms with van der Waals surface area (Å²) in [7, 11) is 1.59. The van der Waals surface area contributed by atoms with Crippen molar-refractivity contribution < 1.29 is 14.6 Å². The molecule has 4 rings (SSSR count). The van der Waals surface area contributed by atoms with Crippen LogP contribution in [0, 0.1) is 12.3 Å². The zero-order chi connectivity index (χ0) is 23.3. The molecule has 1 aliphatic carbocycles. The number of ether oxygens (including phenoxy) is 1. The molecule has 0 radical (unpaired) electrons. The highest BCUT2D eigenvalue weighted by Gasteiger charge is 2.33. The predicted molar refractivity (Wildman–Crippen MR) is 128 cm³/mol. The minimum atomic E-state index is -0.889. The zero-order valence-corrected chi connectivity index (χ0v) is 19.3. The highest BCUT2D eigenvalue weighted by Crippen LogP contribution is 2.40. The molecule has 0 atom stereocenters. The minimum absolute atomic E-state index is 0.257. The molecule has 1 saturated carbocycles. The highest BCUT2D eigenvalue weighted by molar-refractivity contribution is 6.05. The third kappa shape index (κ3) is 5.30. The fourth-order valence-corrected chi connectivity index (χ4v) is 4.97. The number of hydrogen-bond donors (Lipinski definition) is 2. The molecule has 0 bridgehead atoms. The Labute approximate surface area is 195 Å². The zero-order valence-electron chi connectivity index (χ0n) is 19.3. The third-order valence-corrected chi connectivity index (χ3v) is 6.92. The number of terminal acetylenes is 1. The number of nitrogens with one attached hydrogen (secondary N) is 1. The Kier molecular flexibility index (Phi) is 7.17. The predicted octanol–water partition coefficient (Wildman–Crippen LogP) is 4.00. The van der Waals surface area contributed by atoms with Crippen molar-refractivity contribution >= 4 is 17.6 Å². The molecule has 3 heterocycles. The number of methoxy groups -OCH3 is 1. The van der Waals surface area contributed by atoms with Crippen LogP contribution in [0.25, 0.3) is 0 Å². The van der Waals surface area contributed by atoms with Crippen LogP contribution in [-0.2, 0) is 6.42 Å². The average Bonchev–Trinajstić information content (AvgIpc) is 2.81. The van der Waals surface area contributed by atoms with E-state index >= 15 is 0 Å². The molecule has 0 spiro atoms. The Balaban J connectivity index is 1.57. The van der Waals surface area contributed by atoms with Crippen molar-refractivity contribution in [3.8, 4) is 18.2 Å². The van der Waals surface area contributed by atoms with Gasteiger partial charge < -0.3 is 14.7 Å². The van der Waals surface area contributed by atoms with Gasteiger partial charge in [0.15, 0.2) is 0 Å². The number of piperidine rings is 1. The summed E-state index contributed by atoms with van der Waals surface area (Å²) in [6, 6.07) is -0.257. The molecule has 3 aliphatic rings. The largest absolute Gasteiger partial charge is 0.479 e. The van der Waals surface area contributed by atoms with Gasteiger partial charge in [-0.25, -0.2) is 14.8 Å². The summed E-state index contributed by atoms with van der Waals surface area (Å²) in [6.07, 6.45) is 18.9. The van der Waals surface area contributed by atoms with E-state index in [-0.39, 0.29) is 6.03 Å². The molecule has 2 fully saturated rings. The Bertz CT molecular complexity index is 1020. The number of fused-ring (bicyclic) bond motifs is 1. The van der Waals surface area contributed by atoms with Crippen LogP contribution < -0.4 is 10.1 Å². The maximum atomic E-state index is 12.9. The number of carbonyl (C=O) groups is 1. The molecule has 1 saturated heterocycles. The minimum Gasteiger partial charge on any atom is -0.479 e. The van der Waals surface area contributed by atoms with Crippen molar-refractivity contribution in [1.29, 1.82) is 0 Å². The number of urea groups is 1. The van der Waals surface area contributed by atoms with Gasteiger partial charge in [-0.05, 0) is 48.8 Å². The van der Waals surface area contributed by atoms with Crippen molar-refractivity contribution in [1.82, 2.24) is 15.2 Å². The van der Waals surface area contributed by atoms with Gasteiger partial charge in [0.1, 0.15) is 11.5 Å². The lowest BCUT2D eigenvalue weighted by molar-refractivity contribution is -0.00720. The van der Waals surface area contributed by atoms with Gasteiger partial charge in [-0.1, -0.05) is 19.3 Å². The number of aliphatic imine (C=N–C) groups is 1. The molecule has 2 N–H and O–H groups in total. The second-order valence-electron chi connectivity index (χ2n) is 9.12. The fraction of sp³-hybridized carbons (Fsp3) is 0.538. The van der Waals surface area contributed by atoms with Crippen molar-refractivity contribution in [2.75, 3.05) is 20.2 Å². The van der Waals surface area contributed by atoms with E-state index in [4.69, 9.17) is 16.2 Å². The monoisotopic (exact) mass is 448 g/mol. The van der Waals surface area contributed by atoms with Crippen LogP contribution in [0.1, 0.15) is 68.4 Å². The van der Waals surface area contributed by atoms with E-state index in [1.165, 1.54) is 24.8 Å². The maximum absolute atomic E-state index is 12.9. The number of nitrogens with zero attached hydrogens (tertiary/aromatic N) is 3. The van der Waals surface area contributed by atoms with E-state index in [9.17, 15) is 9.90 Å². The molecule has 2 amide bonds. The topological polar surface area (TPSA) is 87.1 Å². The lowest BCUT2D eigenvalue weighted by Crippen LogP contribution is -2.50. The van der Waals surface area contributed by atoms with Crippen LogP contribution in [0.15, 0.2) is 29.1 Å². The van der Waals surface area contributed by atoms with E-state index in [1.807, 2.05) is 12.3 Å². The second-order valence-corrected chi connectivity index (χ2v) is 9.12. The smallest absolute Gasteiger partial charge is 0.323 e. The number of carbonyl (C=O) groups excluding carboxylic acids is 1. The number of rotatable bonds is 3. The first kappa shape index (κ1) is 23.1. The van der Waals surface area contributed by atoms with E-state index in [1.54, 1.807) is 18.1 Å².